The molecule has 3 N–H and O–H groups in total. The molecule has 5 nitrogen and oxygen atoms in total. The molecule has 3 rings (SSSR count). The Kier molecular flexibility index (Phi) is 5.14. The van der Waals surface area contributed by atoms with Crippen molar-refractivity contribution < 1.29 is 18.7 Å². The number of thioether (sulfide) groups is 1. The van der Waals surface area contributed by atoms with Gasteiger partial charge in [0.25, 0.3) is 0 Å². The van der Waals surface area contributed by atoms with Crippen LogP contribution in [0.5, 0.6) is 0 Å². The largest absolute Gasteiger partial charge is 0.465 e. The van der Waals surface area contributed by atoms with Crippen LogP contribution in [0.2, 0.25) is 0 Å². The van der Waals surface area contributed by atoms with Crippen molar-refractivity contribution in [2.75, 3.05) is 11.5 Å². The van der Waals surface area contributed by atoms with E-state index >= 15 is 0 Å². The molecule has 1 aliphatic carbocycles. The molecule has 2 atom stereocenters. The van der Waals surface area contributed by atoms with Gasteiger partial charge in [0.05, 0.1) is 5.54 Å². The number of nitrogen functional groups attached to an aromatic ring is 1. The first-order valence-electron chi connectivity index (χ1n) is 9.07. The van der Waals surface area contributed by atoms with Gasteiger partial charge in [-0.15, -0.1) is 0 Å². The molecule has 8 heteroatoms. The molecule has 1 heterocycles. The van der Waals surface area contributed by atoms with Crippen molar-refractivity contribution in [1.29, 1.82) is 0 Å². The molecule has 2 unspecified atom stereocenters. The third-order valence-electron chi connectivity index (χ3n) is 5.31. The van der Waals surface area contributed by atoms with Crippen molar-refractivity contribution >= 4 is 28.7 Å². The second-order valence-corrected chi connectivity index (χ2v) is 9.21. The normalized spacial score (nSPS) is 25.5. The van der Waals surface area contributed by atoms with Crippen LogP contribution in [0, 0.1) is 17.6 Å². The van der Waals surface area contributed by atoms with Crippen LogP contribution in [0.4, 0.5) is 19.3 Å². The van der Waals surface area contributed by atoms with Crippen LogP contribution in [0.15, 0.2) is 17.1 Å². The standard InChI is InChI=1S/C19H25F2N3O2S/c1-18(2,3)24(17(25)26)16-23-19(7-5-4-6-11(19)10-27-16)13-8-12(22)9-14(20)15(13)21/h8-9,11H,4-7,10,22H2,1-3H3,(H,25,26). The zero-order valence-corrected chi connectivity index (χ0v) is 16.6. The summed E-state index contributed by atoms with van der Waals surface area (Å²) in [5.74, 6) is -1.33. The Morgan fingerprint density at radius 2 is 2.07 bits per heavy atom. The molecule has 0 radical (unpaired) electrons. The van der Waals surface area contributed by atoms with Gasteiger partial charge in [0.15, 0.2) is 16.8 Å². The summed E-state index contributed by atoms with van der Waals surface area (Å²) in [5.41, 5.74) is 4.39. The highest BCUT2D eigenvalue weighted by atomic mass is 32.2. The van der Waals surface area contributed by atoms with Crippen molar-refractivity contribution in [2.24, 2.45) is 10.9 Å². The van der Waals surface area contributed by atoms with Gasteiger partial charge in [-0.3, -0.25) is 9.89 Å². The molecule has 27 heavy (non-hydrogen) atoms. The third kappa shape index (κ3) is 3.51. The molecule has 0 spiro atoms. The summed E-state index contributed by atoms with van der Waals surface area (Å²) < 4.78 is 28.9. The van der Waals surface area contributed by atoms with E-state index in [2.05, 4.69) is 0 Å². The fourth-order valence-electron chi connectivity index (χ4n) is 4.08. The maximum Gasteiger partial charge on any atom is 0.413 e. The highest BCUT2D eigenvalue weighted by Gasteiger charge is 2.49. The van der Waals surface area contributed by atoms with Gasteiger partial charge in [-0.05, 0) is 51.7 Å². The summed E-state index contributed by atoms with van der Waals surface area (Å²) in [5, 5.41) is 10.1. The van der Waals surface area contributed by atoms with Gasteiger partial charge in [0.2, 0.25) is 0 Å². The zero-order chi connectivity index (χ0) is 20.0. The van der Waals surface area contributed by atoms with Crippen LogP contribution in [0.1, 0.15) is 52.0 Å². The number of amidine groups is 1. The van der Waals surface area contributed by atoms with E-state index < -0.39 is 28.8 Å². The minimum Gasteiger partial charge on any atom is -0.465 e. The Morgan fingerprint density at radius 3 is 2.70 bits per heavy atom. The topological polar surface area (TPSA) is 78.9 Å². The molecule has 1 saturated carbocycles. The van der Waals surface area contributed by atoms with E-state index in [1.807, 2.05) is 0 Å². The molecule has 1 aliphatic heterocycles. The van der Waals surface area contributed by atoms with Gasteiger partial charge in [-0.1, -0.05) is 24.6 Å². The molecular formula is C19H25F2N3O2S. The fourth-order valence-corrected chi connectivity index (χ4v) is 5.59. The predicted octanol–water partition coefficient (Wildman–Crippen LogP) is 4.81. The third-order valence-corrected chi connectivity index (χ3v) is 6.42. The van der Waals surface area contributed by atoms with E-state index in [1.165, 1.54) is 22.7 Å². The lowest BCUT2D eigenvalue weighted by atomic mass is 9.69. The second-order valence-electron chi connectivity index (χ2n) is 8.23. The van der Waals surface area contributed by atoms with Crippen molar-refractivity contribution in [3.05, 3.63) is 29.3 Å². The van der Waals surface area contributed by atoms with Crippen molar-refractivity contribution in [1.82, 2.24) is 4.90 Å². The summed E-state index contributed by atoms with van der Waals surface area (Å²) in [6.07, 6.45) is 2.07. The molecule has 0 bridgehead atoms. The average molecular weight is 397 g/mol. The minimum atomic E-state index is -1.11. The Hall–Kier alpha value is -1.83. The van der Waals surface area contributed by atoms with Crippen LogP contribution < -0.4 is 5.73 Å². The Bertz CT molecular complexity index is 794. The molecule has 148 valence electrons. The highest BCUT2D eigenvalue weighted by Crippen LogP contribution is 2.51. The van der Waals surface area contributed by atoms with E-state index in [0.717, 1.165) is 25.3 Å². The van der Waals surface area contributed by atoms with Gasteiger partial charge in [-0.25, -0.2) is 13.6 Å². The molecule has 2 aliphatic rings. The number of benzene rings is 1. The van der Waals surface area contributed by atoms with Gasteiger partial charge >= 0.3 is 6.09 Å². The van der Waals surface area contributed by atoms with E-state index in [9.17, 15) is 18.7 Å². The smallest absolute Gasteiger partial charge is 0.413 e. The first-order valence-corrected chi connectivity index (χ1v) is 10.1. The lowest BCUT2D eigenvalue weighted by Gasteiger charge is -2.47. The Labute approximate surface area is 162 Å². The number of halogens is 2. The quantitative estimate of drug-likeness (QED) is 0.666. The van der Waals surface area contributed by atoms with Gasteiger partial charge in [0.1, 0.15) is 0 Å². The average Bonchev–Trinajstić information content (AvgIpc) is 2.56. The number of hydrogen-bond acceptors (Lipinski definition) is 4. The van der Waals surface area contributed by atoms with Gasteiger partial charge in [-0.2, -0.15) is 0 Å². The predicted molar refractivity (Wildman–Crippen MR) is 104 cm³/mol. The Morgan fingerprint density at radius 1 is 1.37 bits per heavy atom. The van der Waals surface area contributed by atoms with Crippen molar-refractivity contribution in [3.8, 4) is 0 Å². The molecule has 1 fully saturated rings. The van der Waals surface area contributed by atoms with E-state index in [-0.39, 0.29) is 17.2 Å². The number of fused-ring (bicyclic) bond motifs is 1. The molecule has 1 aromatic carbocycles. The number of anilines is 1. The zero-order valence-electron chi connectivity index (χ0n) is 15.8. The first kappa shape index (κ1) is 19.9. The SMILES string of the molecule is CC(C)(C)N(C(=O)O)C1=NC2(c3cc(N)cc(F)c3F)CCCCC2CS1. The van der Waals surface area contributed by atoms with Gasteiger partial charge < -0.3 is 10.8 Å². The number of nitrogens with zero attached hydrogens (tertiary/aromatic N) is 2. The van der Waals surface area contributed by atoms with E-state index in [0.29, 0.717) is 17.3 Å². The van der Waals surface area contributed by atoms with Crippen LogP contribution in [-0.4, -0.2) is 32.6 Å². The number of rotatable bonds is 1. The van der Waals surface area contributed by atoms with Crippen molar-refractivity contribution in [3.63, 3.8) is 0 Å². The van der Waals surface area contributed by atoms with Crippen LogP contribution >= 0.6 is 11.8 Å². The highest BCUT2D eigenvalue weighted by molar-refractivity contribution is 8.13. The lowest BCUT2D eigenvalue weighted by molar-refractivity contribution is 0.139. The number of carbonyl (C=O) groups is 1. The summed E-state index contributed by atoms with van der Waals surface area (Å²) in [7, 11) is 0. The van der Waals surface area contributed by atoms with Crippen LogP contribution in [0.3, 0.4) is 0 Å². The van der Waals surface area contributed by atoms with Crippen LogP contribution in [0.25, 0.3) is 0 Å². The van der Waals surface area contributed by atoms with E-state index in [4.69, 9.17) is 10.7 Å². The number of amides is 1. The number of hydrogen-bond donors (Lipinski definition) is 2. The monoisotopic (exact) mass is 397 g/mol. The lowest BCUT2D eigenvalue weighted by Crippen LogP contribution is -2.52. The number of aliphatic imine (C=N–C) groups is 1. The molecule has 1 amide bonds. The maximum absolute atomic E-state index is 14.8. The molecule has 1 aromatic rings. The van der Waals surface area contributed by atoms with E-state index in [1.54, 1.807) is 20.8 Å². The van der Waals surface area contributed by atoms with Crippen molar-refractivity contribution in [2.45, 2.75) is 57.5 Å². The molecular weight excluding hydrogens is 372 g/mol. The maximum atomic E-state index is 14.8. The number of nitrogens with two attached hydrogens (primary N) is 1. The summed E-state index contributed by atoms with van der Waals surface area (Å²) in [6.45, 7) is 5.35. The second kappa shape index (κ2) is 6.96. The first-order chi connectivity index (χ1) is 12.6. The molecule has 0 saturated heterocycles. The number of carboxylic acid groups (broad SMARTS) is 1. The summed E-state index contributed by atoms with van der Waals surface area (Å²) >= 11 is 1.37. The van der Waals surface area contributed by atoms with Crippen LogP contribution in [-0.2, 0) is 5.54 Å². The minimum absolute atomic E-state index is 0.00585. The summed E-state index contributed by atoms with van der Waals surface area (Å²) in [4.78, 5) is 17.9. The fraction of sp³-hybridized carbons (Fsp3) is 0.579. The Balaban J connectivity index is 2.21. The summed E-state index contributed by atoms with van der Waals surface area (Å²) in [6, 6.07) is 2.42. The van der Waals surface area contributed by atoms with Gasteiger partial charge in [0, 0.05) is 22.5 Å². The molecule has 0 aromatic heterocycles.